The minimum Gasteiger partial charge on any atom is -0.322 e. The van der Waals surface area contributed by atoms with Crippen LogP contribution in [0.5, 0.6) is 0 Å². The van der Waals surface area contributed by atoms with Gasteiger partial charge in [-0.2, -0.15) is 5.10 Å². The Morgan fingerprint density at radius 2 is 2.11 bits per heavy atom. The topological polar surface area (TPSA) is 103 Å². The molecular formula is C18H14FN5O3. The van der Waals surface area contributed by atoms with Crippen LogP contribution in [-0.4, -0.2) is 25.6 Å². The fourth-order valence-electron chi connectivity index (χ4n) is 2.42. The van der Waals surface area contributed by atoms with Crippen molar-refractivity contribution in [3.8, 4) is 0 Å². The van der Waals surface area contributed by atoms with Gasteiger partial charge in [-0.3, -0.25) is 14.9 Å². The zero-order valence-electron chi connectivity index (χ0n) is 13.9. The molecule has 0 bridgehead atoms. The Hall–Kier alpha value is -3.88. The lowest BCUT2D eigenvalue weighted by Gasteiger charge is -2.09. The molecule has 0 saturated heterocycles. The lowest BCUT2D eigenvalue weighted by molar-refractivity contribution is -0.385. The zero-order valence-corrected chi connectivity index (χ0v) is 13.9. The van der Waals surface area contributed by atoms with Crippen molar-refractivity contribution >= 4 is 23.4 Å². The van der Waals surface area contributed by atoms with E-state index < -0.39 is 22.3 Å². The summed E-state index contributed by atoms with van der Waals surface area (Å²) in [6.07, 6.45) is 5.41. The predicted octanol–water partition coefficient (Wildman–Crippen LogP) is 3.03. The molecule has 3 aromatic rings. The van der Waals surface area contributed by atoms with Crippen molar-refractivity contribution in [2.45, 2.75) is 6.54 Å². The maximum atomic E-state index is 13.2. The Morgan fingerprint density at radius 1 is 1.30 bits per heavy atom. The molecule has 0 fully saturated rings. The number of anilines is 1. The second kappa shape index (κ2) is 8.00. The molecule has 9 heteroatoms. The third-order valence-corrected chi connectivity index (χ3v) is 3.68. The van der Waals surface area contributed by atoms with E-state index in [1.54, 1.807) is 23.1 Å². The number of para-hydroxylation sites is 1. The number of amides is 1. The summed E-state index contributed by atoms with van der Waals surface area (Å²) in [4.78, 5) is 26.4. The maximum absolute atomic E-state index is 13.2. The molecule has 1 N–H and O–H groups in total. The van der Waals surface area contributed by atoms with Crippen LogP contribution in [-0.2, 0) is 11.3 Å². The van der Waals surface area contributed by atoms with E-state index in [4.69, 9.17) is 0 Å². The van der Waals surface area contributed by atoms with Crippen LogP contribution in [0.15, 0.2) is 61.2 Å². The van der Waals surface area contributed by atoms with Gasteiger partial charge in [0.25, 0.3) is 5.69 Å². The number of nitrogens with zero attached hydrogens (tertiary/aromatic N) is 4. The van der Waals surface area contributed by atoms with E-state index in [1.165, 1.54) is 18.5 Å². The van der Waals surface area contributed by atoms with Gasteiger partial charge in [-0.15, -0.1) is 0 Å². The third kappa shape index (κ3) is 4.60. The summed E-state index contributed by atoms with van der Waals surface area (Å²) in [5.74, 6) is -1.19. The number of hydrogen-bond donors (Lipinski definition) is 1. The molecule has 8 nitrogen and oxygen atoms in total. The molecule has 1 aromatic heterocycles. The minimum absolute atomic E-state index is 0.132. The summed E-state index contributed by atoms with van der Waals surface area (Å²) in [6, 6.07) is 10.3. The Bertz CT molecular complexity index is 1000. The lowest BCUT2D eigenvalue weighted by Crippen LogP contribution is -2.11. The summed E-state index contributed by atoms with van der Waals surface area (Å²) in [6.45, 7) is 0.420. The highest BCUT2D eigenvalue weighted by Crippen LogP contribution is 2.21. The molecule has 0 saturated carbocycles. The highest BCUT2D eigenvalue weighted by molar-refractivity contribution is 6.02. The Balaban J connectivity index is 1.75. The Kier molecular flexibility index (Phi) is 5.31. The third-order valence-electron chi connectivity index (χ3n) is 3.68. The summed E-state index contributed by atoms with van der Waals surface area (Å²) >= 11 is 0. The van der Waals surface area contributed by atoms with Gasteiger partial charge in [0.05, 0.1) is 23.1 Å². The first-order valence-electron chi connectivity index (χ1n) is 7.86. The highest BCUT2D eigenvalue weighted by atomic mass is 19.1. The average Bonchev–Trinajstić information content (AvgIpc) is 3.15. The number of halogens is 1. The molecule has 0 unspecified atom stereocenters. The van der Waals surface area contributed by atoms with Gasteiger partial charge in [-0.05, 0) is 29.8 Å². The van der Waals surface area contributed by atoms with Gasteiger partial charge in [-0.25, -0.2) is 14.1 Å². The summed E-state index contributed by atoms with van der Waals surface area (Å²) in [7, 11) is 0. The number of carbonyl (C=O) groups excluding carboxylic acids is 1. The second-order valence-electron chi connectivity index (χ2n) is 5.53. The quantitative estimate of drug-likeness (QED) is 0.410. The van der Waals surface area contributed by atoms with Crippen LogP contribution in [0.25, 0.3) is 6.08 Å². The molecule has 0 aliphatic carbocycles. The molecule has 1 heterocycles. The first kappa shape index (κ1) is 17.9. The van der Waals surface area contributed by atoms with E-state index in [0.717, 1.165) is 23.8 Å². The second-order valence-corrected chi connectivity index (χ2v) is 5.53. The molecule has 0 aliphatic rings. The van der Waals surface area contributed by atoms with Gasteiger partial charge in [0.15, 0.2) is 0 Å². The standard InChI is InChI=1S/C18H14FN5O3/c19-15-7-5-13(17(9-15)24(26)27)6-8-18(25)22-16-4-2-1-3-14(16)10-23-12-20-11-21-23/h1-9,11-12H,10H2,(H,22,25). The number of carbonyl (C=O) groups is 1. The van der Waals surface area contributed by atoms with Crippen LogP contribution in [0.4, 0.5) is 15.8 Å². The number of benzene rings is 2. The van der Waals surface area contributed by atoms with Gasteiger partial charge >= 0.3 is 0 Å². The van der Waals surface area contributed by atoms with Crippen LogP contribution < -0.4 is 5.32 Å². The van der Waals surface area contributed by atoms with Gasteiger partial charge < -0.3 is 5.32 Å². The Labute approximate surface area is 153 Å². The first-order valence-corrected chi connectivity index (χ1v) is 7.86. The molecule has 0 radical (unpaired) electrons. The smallest absolute Gasteiger partial charge is 0.279 e. The Morgan fingerprint density at radius 3 is 2.85 bits per heavy atom. The van der Waals surface area contributed by atoms with Crippen LogP contribution in [0.2, 0.25) is 0 Å². The van der Waals surface area contributed by atoms with Crippen molar-refractivity contribution in [3.05, 3.63) is 88.3 Å². The highest BCUT2D eigenvalue weighted by Gasteiger charge is 2.13. The number of nitro benzene ring substituents is 1. The van der Waals surface area contributed by atoms with Gasteiger partial charge in [0.2, 0.25) is 5.91 Å². The van der Waals surface area contributed by atoms with E-state index in [1.807, 2.05) is 12.1 Å². The largest absolute Gasteiger partial charge is 0.322 e. The number of nitrogens with one attached hydrogen (secondary N) is 1. The number of rotatable bonds is 6. The fraction of sp³-hybridized carbons (Fsp3) is 0.0556. The van der Waals surface area contributed by atoms with E-state index in [0.29, 0.717) is 12.2 Å². The van der Waals surface area contributed by atoms with Crippen LogP contribution in [0.1, 0.15) is 11.1 Å². The van der Waals surface area contributed by atoms with Crippen molar-refractivity contribution in [3.63, 3.8) is 0 Å². The fourth-order valence-corrected chi connectivity index (χ4v) is 2.42. The average molecular weight is 367 g/mol. The molecule has 0 aliphatic heterocycles. The van der Waals surface area contributed by atoms with E-state index in [9.17, 15) is 19.3 Å². The molecule has 0 atom stereocenters. The van der Waals surface area contributed by atoms with Crippen LogP contribution in [0.3, 0.4) is 0 Å². The van der Waals surface area contributed by atoms with Crippen molar-refractivity contribution in [1.29, 1.82) is 0 Å². The number of hydrogen-bond acceptors (Lipinski definition) is 5. The van der Waals surface area contributed by atoms with E-state index in [2.05, 4.69) is 15.4 Å². The van der Waals surface area contributed by atoms with Crippen molar-refractivity contribution < 1.29 is 14.1 Å². The van der Waals surface area contributed by atoms with Crippen LogP contribution >= 0.6 is 0 Å². The molecule has 1 amide bonds. The van der Waals surface area contributed by atoms with E-state index in [-0.39, 0.29) is 5.56 Å². The summed E-state index contributed by atoms with van der Waals surface area (Å²) in [5, 5.41) is 17.7. The lowest BCUT2D eigenvalue weighted by atomic mass is 10.1. The zero-order chi connectivity index (χ0) is 19.2. The van der Waals surface area contributed by atoms with E-state index >= 15 is 0 Å². The van der Waals surface area contributed by atoms with Crippen molar-refractivity contribution in [2.24, 2.45) is 0 Å². The molecule has 2 aromatic carbocycles. The molecule has 3 rings (SSSR count). The monoisotopic (exact) mass is 367 g/mol. The van der Waals surface area contributed by atoms with Crippen molar-refractivity contribution in [2.75, 3.05) is 5.32 Å². The molecule has 0 spiro atoms. The SMILES string of the molecule is O=C(C=Cc1ccc(F)cc1[N+](=O)[O-])Nc1ccccc1Cn1cncn1. The van der Waals surface area contributed by atoms with Gasteiger partial charge in [0.1, 0.15) is 18.5 Å². The first-order chi connectivity index (χ1) is 13.0. The minimum atomic E-state index is -0.717. The van der Waals surface area contributed by atoms with Crippen LogP contribution in [0, 0.1) is 15.9 Å². The molecule has 27 heavy (non-hydrogen) atoms. The number of aromatic nitrogens is 3. The van der Waals surface area contributed by atoms with Crippen molar-refractivity contribution in [1.82, 2.24) is 14.8 Å². The predicted molar refractivity (Wildman–Crippen MR) is 96.3 cm³/mol. The molecular weight excluding hydrogens is 353 g/mol. The summed E-state index contributed by atoms with van der Waals surface area (Å²) < 4.78 is 14.8. The normalized spacial score (nSPS) is 10.9. The van der Waals surface area contributed by atoms with Gasteiger partial charge in [0, 0.05) is 11.8 Å². The maximum Gasteiger partial charge on any atom is 0.279 e. The summed E-state index contributed by atoms with van der Waals surface area (Å²) in [5.41, 5.74) is 1.12. The van der Waals surface area contributed by atoms with Gasteiger partial charge in [-0.1, -0.05) is 18.2 Å². The number of nitro groups is 1. The molecule has 136 valence electrons.